The standard InChI is InChI=1S/C25H20N2O5/c1-16-3-6-19(7-4-16)15-31-21-11-8-18(9-12-21)13-22-25(28)32-24(26-22)20-10-5-17(2)23(14-20)27(29)30/h3-14H,15H2,1-2H3/b22-13-. The maximum atomic E-state index is 12.2. The van der Waals surface area contributed by atoms with E-state index in [1.165, 1.54) is 11.6 Å². The minimum Gasteiger partial charge on any atom is -0.489 e. The molecule has 160 valence electrons. The number of aliphatic imine (C=N–C) groups is 1. The average Bonchev–Trinajstić information content (AvgIpc) is 3.14. The Hall–Kier alpha value is -4.26. The lowest BCUT2D eigenvalue weighted by molar-refractivity contribution is -0.385. The molecule has 0 unspecified atom stereocenters. The van der Waals surface area contributed by atoms with Gasteiger partial charge in [-0.05, 0) is 49.2 Å². The molecular formula is C25H20N2O5. The number of hydrogen-bond donors (Lipinski definition) is 0. The number of cyclic esters (lactones) is 1. The maximum Gasteiger partial charge on any atom is 0.363 e. The molecule has 0 atom stereocenters. The molecule has 0 saturated carbocycles. The van der Waals surface area contributed by atoms with E-state index in [4.69, 9.17) is 9.47 Å². The van der Waals surface area contributed by atoms with E-state index in [-0.39, 0.29) is 17.3 Å². The molecular weight excluding hydrogens is 408 g/mol. The molecule has 0 fully saturated rings. The predicted molar refractivity (Wildman–Crippen MR) is 120 cm³/mol. The molecule has 3 aromatic rings. The summed E-state index contributed by atoms with van der Waals surface area (Å²) in [5.74, 6) is 0.142. The van der Waals surface area contributed by atoms with Crippen molar-refractivity contribution in [3.63, 3.8) is 0 Å². The number of ether oxygens (including phenoxy) is 2. The van der Waals surface area contributed by atoms with E-state index < -0.39 is 10.9 Å². The van der Waals surface area contributed by atoms with E-state index in [1.807, 2.05) is 55.5 Å². The first-order chi connectivity index (χ1) is 15.4. The van der Waals surface area contributed by atoms with Crippen molar-refractivity contribution in [2.75, 3.05) is 0 Å². The Labute approximate surface area is 184 Å². The molecule has 1 aliphatic heterocycles. The molecule has 0 N–H and O–H groups in total. The normalized spacial score (nSPS) is 14.2. The maximum absolute atomic E-state index is 12.2. The highest BCUT2D eigenvalue weighted by molar-refractivity contribution is 6.13. The minimum atomic E-state index is -0.608. The largest absolute Gasteiger partial charge is 0.489 e. The molecule has 0 amide bonds. The zero-order valence-electron chi connectivity index (χ0n) is 17.6. The van der Waals surface area contributed by atoms with Crippen molar-refractivity contribution in [1.29, 1.82) is 0 Å². The Kier molecular flexibility index (Phi) is 5.81. The fourth-order valence-corrected chi connectivity index (χ4v) is 3.14. The Morgan fingerprint density at radius 1 is 1.03 bits per heavy atom. The first-order valence-electron chi connectivity index (χ1n) is 9.95. The number of nitro benzene ring substituents is 1. The van der Waals surface area contributed by atoms with E-state index >= 15 is 0 Å². The number of nitro groups is 1. The van der Waals surface area contributed by atoms with Crippen LogP contribution in [-0.2, 0) is 16.1 Å². The molecule has 4 rings (SSSR count). The Morgan fingerprint density at radius 3 is 2.44 bits per heavy atom. The highest BCUT2D eigenvalue weighted by Crippen LogP contribution is 2.24. The molecule has 1 aliphatic rings. The SMILES string of the molecule is Cc1ccc(COc2ccc(/C=C3\N=C(c4ccc(C)c([N+](=O)[O-])c4)OC3=O)cc2)cc1. The molecule has 7 nitrogen and oxygen atoms in total. The van der Waals surface area contributed by atoms with Crippen LogP contribution >= 0.6 is 0 Å². The van der Waals surface area contributed by atoms with Gasteiger partial charge in [0.05, 0.1) is 4.92 Å². The van der Waals surface area contributed by atoms with E-state index in [1.54, 1.807) is 25.1 Å². The summed E-state index contributed by atoms with van der Waals surface area (Å²) < 4.78 is 11.0. The summed E-state index contributed by atoms with van der Waals surface area (Å²) in [6, 6.07) is 20.0. The first kappa shape index (κ1) is 21.0. The third kappa shape index (κ3) is 4.73. The Bertz CT molecular complexity index is 1240. The molecule has 0 saturated heterocycles. The Morgan fingerprint density at radius 2 is 1.75 bits per heavy atom. The third-order valence-electron chi connectivity index (χ3n) is 4.98. The molecule has 7 heteroatoms. The highest BCUT2D eigenvalue weighted by Gasteiger charge is 2.25. The van der Waals surface area contributed by atoms with Gasteiger partial charge in [-0.2, -0.15) is 0 Å². The first-order valence-corrected chi connectivity index (χ1v) is 9.95. The molecule has 0 spiro atoms. The zero-order chi connectivity index (χ0) is 22.7. The Balaban J connectivity index is 1.48. The second-order valence-electron chi connectivity index (χ2n) is 7.44. The molecule has 3 aromatic carbocycles. The number of aryl methyl sites for hydroxylation is 2. The van der Waals surface area contributed by atoms with E-state index in [9.17, 15) is 14.9 Å². The fourth-order valence-electron chi connectivity index (χ4n) is 3.14. The molecule has 32 heavy (non-hydrogen) atoms. The second kappa shape index (κ2) is 8.85. The lowest BCUT2D eigenvalue weighted by Gasteiger charge is -2.07. The van der Waals surface area contributed by atoms with Gasteiger partial charge in [-0.1, -0.05) is 48.0 Å². The van der Waals surface area contributed by atoms with E-state index in [0.29, 0.717) is 23.5 Å². The molecule has 1 heterocycles. The van der Waals surface area contributed by atoms with Crippen molar-refractivity contribution < 1.29 is 19.2 Å². The van der Waals surface area contributed by atoms with Crippen molar-refractivity contribution in [2.24, 2.45) is 4.99 Å². The van der Waals surface area contributed by atoms with Gasteiger partial charge in [0.2, 0.25) is 5.90 Å². The topological polar surface area (TPSA) is 91.0 Å². The van der Waals surface area contributed by atoms with Gasteiger partial charge >= 0.3 is 5.97 Å². The molecule has 0 aliphatic carbocycles. The number of benzene rings is 3. The van der Waals surface area contributed by atoms with Gasteiger partial charge < -0.3 is 9.47 Å². The van der Waals surface area contributed by atoms with E-state index in [2.05, 4.69) is 4.99 Å². The summed E-state index contributed by atoms with van der Waals surface area (Å²) in [5, 5.41) is 11.2. The monoisotopic (exact) mass is 428 g/mol. The number of nitrogens with zero attached hydrogens (tertiary/aromatic N) is 2. The smallest absolute Gasteiger partial charge is 0.363 e. The van der Waals surface area contributed by atoms with Gasteiger partial charge in [0.25, 0.3) is 5.69 Å². The molecule has 0 bridgehead atoms. The van der Waals surface area contributed by atoms with Crippen molar-refractivity contribution in [3.8, 4) is 5.75 Å². The van der Waals surface area contributed by atoms with Crippen molar-refractivity contribution in [2.45, 2.75) is 20.5 Å². The van der Waals surface area contributed by atoms with Crippen LogP contribution in [0.25, 0.3) is 6.08 Å². The van der Waals surface area contributed by atoms with Crippen LogP contribution < -0.4 is 4.74 Å². The number of rotatable bonds is 6. The summed E-state index contributed by atoms with van der Waals surface area (Å²) in [6.07, 6.45) is 1.60. The number of hydrogen-bond acceptors (Lipinski definition) is 6. The number of esters is 1. The fraction of sp³-hybridized carbons (Fsp3) is 0.120. The van der Waals surface area contributed by atoms with Gasteiger partial charge in [0, 0.05) is 17.2 Å². The molecule has 0 aromatic heterocycles. The second-order valence-corrected chi connectivity index (χ2v) is 7.44. The van der Waals surface area contributed by atoms with Crippen LogP contribution in [0.1, 0.15) is 27.8 Å². The van der Waals surface area contributed by atoms with Crippen LogP contribution in [0.4, 0.5) is 5.69 Å². The van der Waals surface area contributed by atoms with Gasteiger partial charge in [0.1, 0.15) is 12.4 Å². The zero-order valence-corrected chi connectivity index (χ0v) is 17.6. The van der Waals surface area contributed by atoms with Gasteiger partial charge in [0.15, 0.2) is 5.70 Å². The van der Waals surface area contributed by atoms with Crippen LogP contribution in [-0.4, -0.2) is 16.8 Å². The van der Waals surface area contributed by atoms with Gasteiger partial charge in [-0.25, -0.2) is 9.79 Å². The van der Waals surface area contributed by atoms with Crippen LogP contribution in [0.2, 0.25) is 0 Å². The highest BCUT2D eigenvalue weighted by atomic mass is 16.6. The summed E-state index contributed by atoms with van der Waals surface area (Å²) in [6.45, 7) is 4.14. The van der Waals surface area contributed by atoms with Crippen molar-refractivity contribution >= 4 is 23.6 Å². The van der Waals surface area contributed by atoms with Crippen molar-refractivity contribution in [3.05, 3.63) is 110 Å². The van der Waals surface area contributed by atoms with Crippen LogP contribution in [0.15, 0.2) is 77.4 Å². The van der Waals surface area contributed by atoms with Crippen LogP contribution in [0, 0.1) is 24.0 Å². The summed E-state index contributed by atoms with van der Waals surface area (Å²) >= 11 is 0. The van der Waals surface area contributed by atoms with Gasteiger partial charge in [-0.15, -0.1) is 0 Å². The van der Waals surface area contributed by atoms with Crippen LogP contribution in [0.5, 0.6) is 5.75 Å². The summed E-state index contributed by atoms with van der Waals surface area (Å²) in [7, 11) is 0. The van der Waals surface area contributed by atoms with Crippen LogP contribution in [0.3, 0.4) is 0 Å². The van der Waals surface area contributed by atoms with Crippen molar-refractivity contribution in [1.82, 2.24) is 0 Å². The number of carbonyl (C=O) groups excluding carboxylic acids is 1. The molecule has 0 radical (unpaired) electrons. The summed E-state index contributed by atoms with van der Waals surface area (Å²) in [4.78, 5) is 27.1. The average molecular weight is 428 g/mol. The lowest BCUT2D eigenvalue weighted by Crippen LogP contribution is -2.06. The lowest BCUT2D eigenvalue weighted by atomic mass is 10.1. The third-order valence-corrected chi connectivity index (χ3v) is 4.98. The van der Waals surface area contributed by atoms with E-state index in [0.717, 1.165) is 11.1 Å². The van der Waals surface area contributed by atoms with Gasteiger partial charge in [-0.3, -0.25) is 10.1 Å². The quantitative estimate of drug-likeness (QED) is 0.235. The predicted octanol–water partition coefficient (Wildman–Crippen LogP) is 5.14. The summed E-state index contributed by atoms with van der Waals surface area (Å²) in [5.41, 5.74) is 3.98. The minimum absolute atomic E-state index is 0.0439. The number of carbonyl (C=O) groups is 1.